The average Bonchev–Trinajstić information content (AvgIpc) is 2.75. The van der Waals surface area contributed by atoms with Gasteiger partial charge in [-0.1, -0.05) is 11.6 Å². The summed E-state index contributed by atoms with van der Waals surface area (Å²) in [5.41, 5.74) is 1.74. The second kappa shape index (κ2) is 5.32. The molecule has 1 aromatic heterocycles. The van der Waals surface area contributed by atoms with Crippen molar-refractivity contribution >= 4 is 23.2 Å². The van der Waals surface area contributed by atoms with Gasteiger partial charge in [-0.25, -0.2) is 0 Å². The molecule has 0 saturated carbocycles. The fraction of sp³-hybridized carbons (Fsp3) is 0.231. The lowest BCUT2D eigenvalue weighted by Crippen LogP contribution is -2.17. The van der Waals surface area contributed by atoms with Gasteiger partial charge < -0.3 is 10.4 Å². The van der Waals surface area contributed by atoms with Gasteiger partial charge in [-0.2, -0.15) is 5.10 Å². The first-order valence-corrected chi connectivity index (χ1v) is 6.23. The number of aromatic hydroxyl groups is 1. The number of aryl methyl sites for hydroxylation is 2. The largest absolute Gasteiger partial charge is 0.506 e. The molecule has 2 N–H and O–H groups in total. The Balaban J connectivity index is 2.22. The second-order valence-corrected chi connectivity index (χ2v) is 4.51. The number of phenolic OH excluding ortho intramolecular Hbond substituents is 1. The van der Waals surface area contributed by atoms with Crippen molar-refractivity contribution in [3.05, 3.63) is 40.7 Å². The van der Waals surface area contributed by atoms with Crippen molar-refractivity contribution in [2.45, 2.75) is 20.4 Å². The lowest BCUT2D eigenvalue weighted by Gasteiger charge is -2.07. The zero-order valence-electron chi connectivity index (χ0n) is 10.6. The molecule has 2 rings (SSSR count). The molecule has 100 valence electrons. The molecule has 1 amide bonds. The van der Waals surface area contributed by atoms with Crippen LogP contribution in [0.5, 0.6) is 5.75 Å². The number of nitrogens with one attached hydrogen (secondary N) is 1. The molecule has 0 atom stereocenters. The monoisotopic (exact) mass is 279 g/mol. The highest BCUT2D eigenvalue weighted by molar-refractivity contribution is 6.32. The number of phenols is 1. The minimum atomic E-state index is -0.274. The smallest absolute Gasteiger partial charge is 0.273 e. The number of halogens is 1. The molecule has 5 nitrogen and oxygen atoms in total. The molecule has 0 aliphatic heterocycles. The van der Waals surface area contributed by atoms with Gasteiger partial charge >= 0.3 is 0 Å². The van der Waals surface area contributed by atoms with E-state index in [-0.39, 0.29) is 16.7 Å². The summed E-state index contributed by atoms with van der Waals surface area (Å²) in [6, 6.07) is 6.27. The predicted octanol–water partition coefficient (Wildman–Crippen LogP) is 2.82. The molecule has 0 unspecified atom stereocenters. The minimum Gasteiger partial charge on any atom is -0.506 e. The van der Waals surface area contributed by atoms with Crippen molar-refractivity contribution in [2.24, 2.45) is 0 Å². The molecule has 1 heterocycles. The predicted molar refractivity (Wildman–Crippen MR) is 73.7 cm³/mol. The Morgan fingerprint density at radius 1 is 1.47 bits per heavy atom. The van der Waals surface area contributed by atoms with E-state index in [0.29, 0.717) is 17.9 Å². The van der Waals surface area contributed by atoms with E-state index in [4.69, 9.17) is 11.6 Å². The first kappa shape index (κ1) is 13.4. The van der Waals surface area contributed by atoms with Crippen LogP contribution in [0.25, 0.3) is 0 Å². The number of benzene rings is 1. The Hall–Kier alpha value is -2.01. The fourth-order valence-corrected chi connectivity index (χ4v) is 1.87. The minimum absolute atomic E-state index is 0.0698. The van der Waals surface area contributed by atoms with E-state index in [1.54, 1.807) is 16.8 Å². The number of anilines is 1. The van der Waals surface area contributed by atoms with Crippen LogP contribution in [0.15, 0.2) is 24.3 Å². The van der Waals surface area contributed by atoms with Gasteiger partial charge in [0.1, 0.15) is 11.4 Å². The van der Waals surface area contributed by atoms with Crippen molar-refractivity contribution in [3.63, 3.8) is 0 Å². The van der Waals surface area contributed by atoms with Crippen LogP contribution in [0.4, 0.5) is 5.69 Å². The Labute approximate surface area is 115 Å². The molecule has 0 spiro atoms. The number of aromatic nitrogens is 2. The molecule has 0 radical (unpaired) electrons. The molecule has 1 aromatic carbocycles. The maximum absolute atomic E-state index is 12.1. The fourth-order valence-electron chi connectivity index (χ4n) is 1.75. The summed E-state index contributed by atoms with van der Waals surface area (Å²) in [6.45, 7) is 4.36. The molecular formula is C13H14ClN3O2. The van der Waals surface area contributed by atoms with Crippen LogP contribution in [-0.4, -0.2) is 20.8 Å². The molecule has 0 aliphatic carbocycles. The number of carbonyl (C=O) groups excluding carboxylic acids is 1. The first-order valence-electron chi connectivity index (χ1n) is 5.85. The Kier molecular flexibility index (Phi) is 3.76. The molecule has 0 aliphatic rings. The zero-order chi connectivity index (χ0) is 14.0. The molecular weight excluding hydrogens is 266 g/mol. The van der Waals surface area contributed by atoms with Crippen molar-refractivity contribution in [3.8, 4) is 5.75 Å². The number of rotatable bonds is 3. The van der Waals surface area contributed by atoms with Crippen molar-refractivity contribution in [1.82, 2.24) is 9.78 Å². The number of nitrogens with zero attached hydrogens (tertiary/aromatic N) is 2. The third-order valence-electron chi connectivity index (χ3n) is 2.64. The maximum Gasteiger partial charge on any atom is 0.273 e. The Bertz CT molecular complexity index is 622. The second-order valence-electron chi connectivity index (χ2n) is 4.11. The van der Waals surface area contributed by atoms with Crippen molar-refractivity contribution < 1.29 is 9.90 Å². The van der Waals surface area contributed by atoms with Gasteiger partial charge in [0.05, 0.1) is 10.7 Å². The van der Waals surface area contributed by atoms with Gasteiger partial charge in [0.15, 0.2) is 0 Å². The summed E-state index contributed by atoms with van der Waals surface area (Å²) >= 11 is 5.71. The van der Waals surface area contributed by atoms with Crippen LogP contribution in [0.2, 0.25) is 5.02 Å². The third kappa shape index (κ3) is 2.88. The number of carbonyl (C=O) groups is 1. The van der Waals surface area contributed by atoms with Gasteiger partial charge in [-0.15, -0.1) is 0 Å². The summed E-state index contributed by atoms with van der Waals surface area (Å²) in [4.78, 5) is 12.1. The summed E-state index contributed by atoms with van der Waals surface area (Å²) in [7, 11) is 0. The van der Waals surface area contributed by atoms with Gasteiger partial charge in [0, 0.05) is 18.3 Å². The van der Waals surface area contributed by atoms with E-state index in [1.807, 2.05) is 13.8 Å². The van der Waals surface area contributed by atoms with Crippen LogP contribution in [-0.2, 0) is 6.54 Å². The molecule has 19 heavy (non-hydrogen) atoms. The number of hydrogen-bond acceptors (Lipinski definition) is 3. The van der Waals surface area contributed by atoms with E-state index in [0.717, 1.165) is 5.69 Å². The van der Waals surface area contributed by atoms with E-state index in [1.165, 1.54) is 12.1 Å². The van der Waals surface area contributed by atoms with Gasteiger partial charge in [-0.3, -0.25) is 9.48 Å². The van der Waals surface area contributed by atoms with E-state index in [2.05, 4.69) is 10.4 Å². The first-order chi connectivity index (χ1) is 9.01. The van der Waals surface area contributed by atoms with E-state index < -0.39 is 0 Å². The number of amides is 1. The standard InChI is InChI=1S/C13H14ClN3O2/c1-3-17-11(6-8(2)16-17)13(19)15-9-4-5-10(14)12(18)7-9/h4-7,18H,3H2,1-2H3,(H,15,19). The van der Waals surface area contributed by atoms with Crippen LogP contribution < -0.4 is 5.32 Å². The summed E-state index contributed by atoms with van der Waals surface area (Å²) in [6.07, 6.45) is 0. The maximum atomic E-state index is 12.1. The number of hydrogen-bond donors (Lipinski definition) is 2. The quantitative estimate of drug-likeness (QED) is 0.908. The zero-order valence-corrected chi connectivity index (χ0v) is 11.4. The molecule has 6 heteroatoms. The highest BCUT2D eigenvalue weighted by Gasteiger charge is 2.13. The highest BCUT2D eigenvalue weighted by atomic mass is 35.5. The lowest BCUT2D eigenvalue weighted by atomic mass is 10.2. The summed E-state index contributed by atoms with van der Waals surface area (Å²) in [5, 5.41) is 16.6. The topological polar surface area (TPSA) is 67.2 Å². The normalized spacial score (nSPS) is 10.5. The van der Waals surface area contributed by atoms with Crippen molar-refractivity contribution in [1.29, 1.82) is 0 Å². The average molecular weight is 280 g/mol. The van der Waals surface area contributed by atoms with Gasteiger partial charge in [0.25, 0.3) is 5.91 Å². The van der Waals surface area contributed by atoms with E-state index in [9.17, 15) is 9.90 Å². The summed E-state index contributed by atoms with van der Waals surface area (Å²) < 4.78 is 1.63. The third-order valence-corrected chi connectivity index (χ3v) is 2.96. The highest BCUT2D eigenvalue weighted by Crippen LogP contribution is 2.26. The van der Waals surface area contributed by atoms with Gasteiger partial charge in [0.2, 0.25) is 0 Å². The summed E-state index contributed by atoms with van der Waals surface area (Å²) in [5.74, 6) is -0.344. The SMILES string of the molecule is CCn1nc(C)cc1C(=O)Nc1ccc(Cl)c(O)c1. The van der Waals surface area contributed by atoms with Crippen LogP contribution >= 0.6 is 11.6 Å². The molecule has 0 bridgehead atoms. The molecule has 2 aromatic rings. The van der Waals surface area contributed by atoms with Crippen LogP contribution in [0.3, 0.4) is 0 Å². The lowest BCUT2D eigenvalue weighted by molar-refractivity contribution is 0.101. The van der Waals surface area contributed by atoms with Crippen LogP contribution in [0.1, 0.15) is 23.1 Å². The van der Waals surface area contributed by atoms with E-state index >= 15 is 0 Å². The van der Waals surface area contributed by atoms with Crippen LogP contribution in [0, 0.1) is 6.92 Å². The molecule has 0 saturated heterocycles. The Morgan fingerprint density at radius 2 is 2.21 bits per heavy atom. The van der Waals surface area contributed by atoms with Gasteiger partial charge in [-0.05, 0) is 32.0 Å². The molecule has 0 fully saturated rings. The van der Waals surface area contributed by atoms with Crippen molar-refractivity contribution in [2.75, 3.05) is 5.32 Å². The Morgan fingerprint density at radius 3 is 2.84 bits per heavy atom.